The second-order valence-electron chi connectivity index (χ2n) is 5.57. The van der Waals surface area contributed by atoms with Crippen molar-refractivity contribution in [3.05, 3.63) is 24.0 Å². The summed E-state index contributed by atoms with van der Waals surface area (Å²) in [5.74, 6) is -0.731. The van der Waals surface area contributed by atoms with E-state index in [0.29, 0.717) is 0 Å². The Bertz CT molecular complexity index is 567. The molecule has 20 heavy (non-hydrogen) atoms. The maximum absolute atomic E-state index is 13.6. The third-order valence-electron chi connectivity index (χ3n) is 3.01. The van der Waals surface area contributed by atoms with Crippen LogP contribution in [0.4, 0.5) is 4.39 Å². The Labute approximate surface area is 119 Å². The maximum Gasteiger partial charge on any atom is 0.240 e. The van der Waals surface area contributed by atoms with Gasteiger partial charge in [-0.05, 0) is 23.6 Å². The van der Waals surface area contributed by atoms with Crippen LogP contribution in [-0.2, 0) is 10.0 Å². The van der Waals surface area contributed by atoms with E-state index in [9.17, 15) is 12.8 Å². The van der Waals surface area contributed by atoms with E-state index in [1.165, 1.54) is 19.2 Å². The van der Waals surface area contributed by atoms with Crippen LogP contribution >= 0.6 is 0 Å². The minimum Gasteiger partial charge on any atom is -0.494 e. The lowest BCUT2D eigenvalue weighted by molar-refractivity contribution is 0.304. The van der Waals surface area contributed by atoms with Crippen LogP contribution in [0.5, 0.6) is 5.75 Å². The minimum atomic E-state index is -3.83. The van der Waals surface area contributed by atoms with Crippen molar-refractivity contribution in [2.24, 2.45) is 11.1 Å². The summed E-state index contributed by atoms with van der Waals surface area (Å²) in [5.41, 5.74) is 5.26. The van der Waals surface area contributed by atoms with Crippen LogP contribution in [0.2, 0.25) is 0 Å². The van der Waals surface area contributed by atoms with Crippen molar-refractivity contribution in [2.75, 3.05) is 13.7 Å². The molecule has 0 spiro atoms. The van der Waals surface area contributed by atoms with E-state index in [-0.39, 0.29) is 22.6 Å². The molecule has 1 aromatic rings. The molecule has 0 aliphatic carbocycles. The van der Waals surface area contributed by atoms with Gasteiger partial charge in [0.2, 0.25) is 10.0 Å². The molecule has 0 radical (unpaired) electrons. The van der Waals surface area contributed by atoms with Gasteiger partial charge in [0.05, 0.1) is 12.0 Å². The molecular weight excluding hydrogens is 283 g/mol. The fourth-order valence-electron chi connectivity index (χ4n) is 1.65. The molecule has 114 valence electrons. The number of nitrogens with two attached hydrogens (primary N) is 1. The van der Waals surface area contributed by atoms with Gasteiger partial charge in [-0.3, -0.25) is 0 Å². The molecule has 1 atom stereocenters. The SMILES string of the molecule is COc1ccc(S(=O)(=O)NC(CN)C(C)(C)C)cc1F. The number of sulfonamides is 1. The van der Waals surface area contributed by atoms with Gasteiger partial charge in [0.15, 0.2) is 11.6 Å². The summed E-state index contributed by atoms with van der Waals surface area (Å²) in [7, 11) is -2.51. The van der Waals surface area contributed by atoms with E-state index in [1.807, 2.05) is 20.8 Å². The smallest absolute Gasteiger partial charge is 0.240 e. The summed E-state index contributed by atoms with van der Waals surface area (Å²) in [6.07, 6.45) is 0. The lowest BCUT2D eigenvalue weighted by Crippen LogP contribution is -2.48. The molecule has 0 saturated heterocycles. The summed E-state index contributed by atoms with van der Waals surface area (Å²) in [4.78, 5) is -0.154. The van der Waals surface area contributed by atoms with Gasteiger partial charge in [-0.25, -0.2) is 17.5 Å². The van der Waals surface area contributed by atoms with Crippen LogP contribution in [0.15, 0.2) is 23.1 Å². The number of hydrogen-bond acceptors (Lipinski definition) is 4. The summed E-state index contributed by atoms with van der Waals surface area (Å²) in [5, 5.41) is 0. The highest BCUT2D eigenvalue weighted by atomic mass is 32.2. The summed E-state index contributed by atoms with van der Waals surface area (Å²) < 4.78 is 45.3. The highest BCUT2D eigenvalue weighted by molar-refractivity contribution is 7.89. The summed E-state index contributed by atoms with van der Waals surface area (Å²) in [6.45, 7) is 5.78. The average molecular weight is 304 g/mol. The van der Waals surface area contributed by atoms with E-state index in [4.69, 9.17) is 10.5 Å². The van der Waals surface area contributed by atoms with Crippen LogP contribution < -0.4 is 15.2 Å². The standard InChI is InChI=1S/C13H21FN2O3S/c1-13(2,3)12(8-15)16-20(17,18)9-5-6-11(19-4)10(14)7-9/h5-7,12,16H,8,15H2,1-4H3. The molecule has 0 saturated carbocycles. The Morgan fingerprint density at radius 3 is 2.40 bits per heavy atom. The number of hydrogen-bond donors (Lipinski definition) is 2. The van der Waals surface area contributed by atoms with Crippen LogP contribution in [-0.4, -0.2) is 28.1 Å². The van der Waals surface area contributed by atoms with Gasteiger partial charge in [-0.2, -0.15) is 0 Å². The van der Waals surface area contributed by atoms with Crippen LogP contribution in [0.1, 0.15) is 20.8 Å². The van der Waals surface area contributed by atoms with Gasteiger partial charge in [-0.1, -0.05) is 20.8 Å². The van der Waals surface area contributed by atoms with Crippen molar-refractivity contribution in [2.45, 2.75) is 31.7 Å². The zero-order valence-electron chi connectivity index (χ0n) is 12.1. The van der Waals surface area contributed by atoms with E-state index < -0.39 is 21.9 Å². The average Bonchev–Trinajstić information content (AvgIpc) is 2.34. The quantitative estimate of drug-likeness (QED) is 0.863. The van der Waals surface area contributed by atoms with Crippen molar-refractivity contribution < 1.29 is 17.5 Å². The Hall–Kier alpha value is -1.18. The molecular formula is C13H21FN2O3S. The van der Waals surface area contributed by atoms with Gasteiger partial charge in [-0.15, -0.1) is 0 Å². The Morgan fingerprint density at radius 1 is 1.40 bits per heavy atom. The van der Waals surface area contributed by atoms with Gasteiger partial charge >= 0.3 is 0 Å². The fourth-order valence-corrected chi connectivity index (χ4v) is 3.11. The minimum absolute atomic E-state index is 0.00449. The lowest BCUT2D eigenvalue weighted by atomic mass is 9.88. The van der Waals surface area contributed by atoms with Crippen molar-refractivity contribution in [3.63, 3.8) is 0 Å². The van der Waals surface area contributed by atoms with Gasteiger partial charge in [0, 0.05) is 12.6 Å². The third kappa shape index (κ3) is 3.91. The van der Waals surface area contributed by atoms with Gasteiger partial charge < -0.3 is 10.5 Å². The molecule has 3 N–H and O–H groups in total. The van der Waals surface area contributed by atoms with Crippen molar-refractivity contribution in [1.29, 1.82) is 0 Å². The highest BCUT2D eigenvalue weighted by Gasteiger charge is 2.28. The third-order valence-corrected chi connectivity index (χ3v) is 4.48. The largest absolute Gasteiger partial charge is 0.494 e. The molecule has 0 aliphatic rings. The van der Waals surface area contributed by atoms with Crippen molar-refractivity contribution in [3.8, 4) is 5.75 Å². The lowest BCUT2D eigenvalue weighted by Gasteiger charge is -2.30. The highest BCUT2D eigenvalue weighted by Crippen LogP contribution is 2.23. The predicted molar refractivity (Wildman–Crippen MR) is 75.6 cm³/mol. The van der Waals surface area contributed by atoms with Crippen LogP contribution in [0.3, 0.4) is 0 Å². The fraction of sp³-hybridized carbons (Fsp3) is 0.538. The molecule has 1 unspecified atom stereocenters. The van der Waals surface area contributed by atoms with Crippen molar-refractivity contribution in [1.82, 2.24) is 4.72 Å². The van der Waals surface area contributed by atoms with E-state index in [2.05, 4.69) is 4.72 Å². The molecule has 0 fully saturated rings. The zero-order valence-corrected chi connectivity index (χ0v) is 12.9. The molecule has 0 heterocycles. The first-order chi connectivity index (χ1) is 9.11. The molecule has 0 amide bonds. The molecule has 1 aromatic carbocycles. The first kappa shape index (κ1) is 16.9. The van der Waals surface area contributed by atoms with Crippen molar-refractivity contribution >= 4 is 10.0 Å². The first-order valence-electron chi connectivity index (χ1n) is 6.17. The Balaban J connectivity index is 3.08. The number of ether oxygens (including phenoxy) is 1. The summed E-state index contributed by atoms with van der Waals surface area (Å²) in [6, 6.07) is 3.05. The number of methoxy groups -OCH3 is 1. The molecule has 0 bridgehead atoms. The van der Waals surface area contributed by atoms with Gasteiger partial charge in [0.1, 0.15) is 0 Å². The Morgan fingerprint density at radius 2 is 2.00 bits per heavy atom. The normalized spacial score (nSPS) is 14.1. The van der Waals surface area contributed by atoms with Gasteiger partial charge in [0.25, 0.3) is 0 Å². The van der Waals surface area contributed by atoms with Crippen LogP contribution in [0, 0.1) is 11.2 Å². The van der Waals surface area contributed by atoms with E-state index >= 15 is 0 Å². The monoisotopic (exact) mass is 304 g/mol. The van der Waals surface area contributed by atoms with E-state index in [1.54, 1.807) is 0 Å². The number of nitrogens with one attached hydrogen (secondary N) is 1. The zero-order chi connectivity index (χ0) is 15.6. The first-order valence-corrected chi connectivity index (χ1v) is 7.66. The van der Waals surface area contributed by atoms with E-state index in [0.717, 1.165) is 6.07 Å². The van der Waals surface area contributed by atoms with Crippen LogP contribution in [0.25, 0.3) is 0 Å². The topological polar surface area (TPSA) is 81.4 Å². The predicted octanol–water partition coefficient (Wildman–Crippen LogP) is 1.49. The molecule has 5 nitrogen and oxygen atoms in total. The number of halogens is 1. The second-order valence-corrected chi connectivity index (χ2v) is 7.29. The molecule has 1 rings (SSSR count). The maximum atomic E-state index is 13.6. The Kier molecular flexibility index (Phi) is 5.12. The molecule has 0 aromatic heterocycles. The molecule has 7 heteroatoms. The second kappa shape index (κ2) is 6.07. The number of benzene rings is 1. The number of rotatable bonds is 5. The molecule has 0 aliphatic heterocycles. The summed E-state index contributed by atoms with van der Waals surface area (Å²) >= 11 is 0.